The predicted octanol–water partition coefficient (Wildman–Crippen LogP) is 2.25. The summed E-state index contributed by atoms with van der Waals surface area (Å²) in [6.07, 6.45) is 5.66. The third kappa shape index (κ3) is 4.29. The fourth-order valence-electron chi connectivity index (χ4n) is 3.01. The number of carbonyl (C=O) groups excluding carboxylic acids is 2. The summed E-state index contributed by atoms with van der Waals surface area (Å²) in [5, 5.41) is 9.65. The standard InChI is InChI=1S/C16H24N4O2S2/c1-3-11(23-15-17-9(2)8-13(21)19-15)14(22)20-16-18-10-6-4-5-7-12(10)24-16/h9,11,15,17H,3-8H2,1-2H3,(H,19,21)(H,18,20,22). The van der Waals surface area contributed by atoms with E-state index in [4.69, 9.17) is 0 Å². The quantitative estimate of drug-likeness (QED) is 0.742. The Kier molecular flexibility index (Phi) is 5.78. The third-order valence-corrected chi connectivity index (χ3v) is 6.73. The van der Waals surface area contributed by atoms with Gasteiger partial charge in [0.05, 0.1) is 10.9 Å². The molecule has 0 aromatic carbocycles. The van der Waals surface area contributed by atoms with Gasteiger partial charge in [0.25, 0.3) is 0 Å². The summed E-state index contributed by atoms with van der Waals surface area (Å²) in [6, 6.07) is 0.127. The Labute approximate surface area is 150 Å². The summed E-state index contributed by atoms with van der Waals surface area (Å²) in [6.45, 7) is 3.96. The van der Waals surface area contributed by atoms with Crippen molar-refractivity contribution >= 4 is 40.0 Å². The van der Waals surface area contributed by atoms with Gasteiger partial charge in [-0.25, -0.2) is 4.98 Å². The van der Waals surface area contributed by atoms with E-state index in [1.807, 2.05) is 13.8 Å². The molecule has 1 fully saturated rings. The van der Waals surface area contributed by atoms with Gasteiger partial charge in [0.1, 0.15) is 5.50 Å². The van der Waals surface area contributed by atoms with Gasteiger partial charge < -0.3 is 10.6 Å². The smallest absolute Gasteiger partial charge is 0.239 e. The number of thioether (sulfide) groups is 1. The Balaban J connectivity index is 1.59. The topological polar surface area (TPSA) is 83.1 Å². The molecule has 0 saturated carbocycles. The highest BCUT2D eigenvalue weighted by Crippen LogP contribution is 2.30. The van der Waals surface area contributed by atoms with E-state index in [1.54, 1.807) is 11.3 Å². The summed E-state index contributed by atoms with van der Waals surface area (Å²) in [7, 11) is 0. The molecule has 1 aromatic rings. The van der Waals surface area contributed by atoms with Crippen molar-refractivity contribution in [1.82, 2.24) is 15.6 Å². The lowest BCUT2D eigenvalue weighted by atomic mass is 10.0. The van der Waals surface area contributed by atoms with Crippen molar-refractivity contribution in [3.8, 4) is 0 Å². The molecule has 1 saturated heterocycles. The first kappa shape index (κ1) is 17.7. The van der Waals surface area contributed by atoms with Gasteiger partial charge in [-0.2, -0.15) is 0 Å². The Bertz CT molecular complexity index is 596. The zero-order valence-corrected chi connectivity index (χ0v) is 15.7. The second-order valence-electron chi connectivity index (χ2n) is 6.34. The van der Waals surface area contributed by atoms with Crippen molar-refractivity contribution in [2.45, 2.75) is 69.2 Å². The zero-order chi connectivity index (χ0) is 17.1. The van der Waals surface area contributed by atoms with Crippen LogP contribution in [0, 0.1) is 0 Å². The van der Waals surface area contributed by atoms with E-state index < -0.39 is 0 Å². The van der Waals surface area contributed by atoms with Gasteiger partial charge in [0, 0.05) is 17.3 Å². The molecule has 1 aliphatic heterocycles. The minimum Gasteiger partial charge on any atom is -0.332 e. The van der Waals surface area contributed by atoms with Crippen LogP contribution < -0.4 is 16.0 Å². The summed E-state index contributed by atoms with van der Waals surface area (Å²) in [4.78, 5) is 30.1. The highest BCUT2D eigenvalue weighted by atomic mass is 32.2. The molecule has 1 aliphatic carbocycles. The molecule has 2 amide bonds. The van der Waals surface area contributed by atoms with Crippen molar-refractivity contribution in [2.24, 2.45) is 0 Å². The minimum absolute atomic E-state index is 0.0293. The molecule has 3 rings (SSSR count). The zero-order valence-electron chi connectivity index (χ0n) is 14.1. The van der Waals surface area contributed by atoms with Gasteiger partial charge in [0.15, 0.2) is 5.13 Å². The average molecular weight is 369 g/mol. The van der Waals surface area contributed by atoms with Gasteiger partial charge in [-0.3, -0.25) is 14.9 Å². The number of anilines is 1. The highest BCUT2D eigenvalue weighted by Gasteiger charge is 2.28. The molecule has 3 N–H and O–H groups in total. The molecule has 0 spiro atoms. The summed E-state index contributed by atoms with van der Waals surface area (Å²) in [5.74, 6) is -0.00974. The molecule has 0 radical (unpaired) electrons. The molecule has 0 bridgehead atoms. The van der Waals surface area contributed by atoms with Crippen molar-refractivity contribution in [1.29, 1.82) is 0 Å². The van der Waals surface area contributed by atoms with Crippen LogP contribution >= 0.6 is 23.1 Å². The highest BCUT2D eigenvalue weighted by molar-refractivity contribution is 8.01. The molecule has 3 unspecified atom stereocenters. The van der Waals surface area contributed by atoms with Crippen LogP contribution in [0.4, 0.5) is 5.13 Å². The number of aryl methyl sites for hydroxylation is 2. The maximum Gasteiger partial charge on any atom is 0.239 e. The Morgan fingerprint density at radius 1 is 1.46 bits per heavy atom. The lowest BCUT2D eigenvalue weighted by molar-refractivity contribution is -0.123. The molecule has 2 heterocycles. The first-order chi connectivity index (χ1) is 11.5. The minimum atomic E-state index is -0.228. The molecule has 132 valence electrons. The lowest BCUT2D eigenvalue weighted by Gasteiger charge is -2.31. The van der Waals surface area contributed by atoms with E-state index in [0.29, 0.717) is 18.0 Å². The molecular weight excluding hydrogens is 344 g/mol. The van der Waals surface area contributed by atoms with Crippen LogP contribution in [0.1, 0.15) is 50.1 Å². The van der Waals surface area contributed by atoms with Gasteiger partial charge in [-0.05, 0) is 39.0 Å². The molecule has 6 nitrogen and oxygen atoms in total. The van der Waals surface area contributed by atoms with E-state index in [0.717, 1.165) is 18.5 Å². The monoisotopic (exact) mass is 368 g/mol. The number of aromatic nitrogens is 1. The number of hydrogen-bond acceptors (Lipinski definition) is 6. The third-order valence-electron chi connectivity index (χ3n) is 4.26. The normalized spacial score (nSPS) is 24.8. The maximum absolute atomic E-state index is 12.6. The molecule has 24 heavy (non-hydrogen) atoms. The van der Waals surface area contributed by atoms with Crippen LogP contribution in [0.25, 0.3) is 0 Å². The number of amides is 2. The van der Waals surface area contributed by atoms with E-state index in [-0.39, 0.29) is 28.6 Å². The molecule has 3 atom stereocenters. The fraction of sp³-hybridized carbons (Fsp3) is 0.688. The molecule has 2 aliphatic rings. The summed E-state index contributed by atoms with van der Waals surface area (Å²) in [5.41, 5.74) is 0.929. The fourth-order valence-corrected chi connectivity index (χ4v) is 5.28. The van der Waals surface area contributed by atoms with Crippen LogP contribution in [-0.2, 0) is 22.4 Å². The Morgan fingerprint density at radius 2 is 2.25 bits per heavy atom. The van der Waals surface area contributed by atoms with Crippen LogP contribution in [0.2, 0.25) is 0 Å². The van der Waals surface area contributed by atoms with E-state index in [9.17, 15) is 9.59 Å². The van der Waals surface area contributed by atoms with E-state index in [2.05, 4.69) is 20.9 Å². The van der Waals surface area contributed by atoms with Crippen LogP contribution in [0.3, 0.4) is 0 Å². The van der Waals surface area contributed by atoms with Gasteiger partial charge in [-0.1, -0.05) is 6.92 Å². The van der Waals surface area contributed by atoms with Gasteiger partial charge >= 0.3 is 0 Å². The molecule has 8 heteroatoms. The van der Waals surface area contributed by atoms with Crippen molar-refractivity contribution in [3.05, 3.63) is 10.6 Å². The average Bonchev–Trinajstić information content (AvgIpc) is 2.93. The number of nitrogens with one attached hydrogen (secondary N) is 3. The maximum atomic E-state index is 12.6. The first-order valence-electron chi connectivity index (χ1n) is 8.55. The Hall–Kier alpha value is -1.12. The number of carbonyl (C=O) groups is 2. The van der Waals surface area contributed by atoms with Crippen molar-refractivity contribution in [3.63, 3.8) is 0 Å². The molecular formula is C16H24N4O2S2. The second kappa shape index (κ2) is 7.84. The molecule has 1 aromatic heterocycles. The first-order valence-corrected chi connectivity index (χ1v) is 10.3. The van der Waals surface area contributed by atoms with Crippen LogP contribution in [0.15, 0.2) is 0 Å². The number of nitrogens with zero attached hydrogens (tertiary/aromatic N) is 1. The number of hydrogen-bond donors (Lipinski definition) is 3. The van der Waals surface area contributed by atoms with E-state index in [1.165, 1.54) is 29.5 Å². The number of fused-ring (bicyclic) bond motifs is 1. The largest absolute Gasteiger partial charge is 0.332 e. The summed E-state index contributed by atoms with van der Waals surface area (Å²) < 4.78 is 0. The van der Waals surface area contributed by atoms with Crippen LogP contribution in [-0.4, -0.2) is 33.6 Å². The van der Waals surface area contributed by atoms with Gasteiger partial charge in [0.2, 0.25) is 11.8 Å². The van der Waals surface area contributed by atoms with Crippen molar-refractivity contribution < 1.29 is 9.59 Å². The van der Waals surface area contributed by atoms with Gasteiger partial charge in [-0.15, -0.1) is 23.1 Å². The van der Waals surface area contributed by atoms with E-state index >= 15 is 0 Å². The van der Waals surface area contributed by atoms with Crippen LogP contribution in [0.5, 0.6) is 0 Å². The number of thiazole rings is 1. The van der Waals surface area contributed by atoms with Crippen molar-refractivity contribution in [2.75, 3.05) is 5.32 Å². The summed E-state index contributed by atoms with van der Waals surface area (Å²) >= 11 is 3.06. The predicted molar refractivity (Wildman–Crippen MR) is 98.2 cm³/mol. The number of rotatable bonds is 5. The lowest BCUT2D eigenvalue weighted by Crippen LogP contribution is -2.54. The Morgan fingerprint density at radius 3 is 2.96 bits per heavy atom. The second-order valence-corrected chi connectivity index (χ2v) is 8.73. The SMILES string of the molecule is CCC(SC1NC(=O)CC(C)N1)C(=O)Nc1nc2c(s1)CCCC2.